The SMILES string of the molecule is CCN(CC)CCN(C(=O)c1ccc2c(c1)CCCC2)c1nc2c(C)cccc2s1.[Cl-]. The van der Waals surface area contributed by atoms with Crippen molar-refractivity contribution in [3.05, 3.63) is 58.7 Å². The number of nitrogens with zero attached hydrogens (tertiary/aromatic N) is 3. The Morgan fingerprint density at radius 1 is 1.03 bits per heavy atom. The van der Waals surface area contributed by atoms with Gasteiger partial charge in [-0.1, -0.05) is 43.4 Å². The molecule has 6 heteroatoms. The Morgan fingerprint density at radius 2 is 1.77 bits per heavy atom. The second kappa shape index (κ2) is 10.6. The normalized spacial score (nSPS) is 13.2. The van der Waals surface area contributed by atoms with Gasteiger partial charge >= 0.3 is 0 Å². The summed E-state index contributed by atoms with van der Waals surface area (Å²) in [4.78, 5) is 22.8. The molecule has 0 unspecified atom stereocenters. The van der Waals surface area contributed by atoms with Crippen molar-refractivity contribution in [2.75, 3.05) is 31.1 Å². The van der Waals surface area contributed by atoms with Gasteiger partial charge in [0, 0.05) is 18.7 Å². The molecule has 2 aromatic carbocycles. The van der Waals surface area contributed by atoms with Gasteiger partial charge in [-0.05, 0) is 80.6 Å². The molecule has 1 aromatic heterocycles. The maximum Gasteiger partial charge on any atom is 0.260 e. The second-order valence-corrected chi connectivity index (χ2v) is 9.10. The lowest BCUT2D eigenvalue weighted by atomic mass is 9.90. The second-order valence-electron chi connectivity index (χ2n) is 8.09. The lowest BCUT2D eigenvalue weighted by Crippen LogP contribution is -3.00. The summed E-state index contributed by atoms with van der Waals surface area (Å²) >= 11 is 1.61. The fraction of sp³-hybridized carbons (Fsp3) is 0.440. The number of likely N-dealkylation sites (N-methyl/N-ethyl adjacent to an activating group) is 1. The van der Waals surface area contributed by atoms with E-state index in [1.807, 2.05) is 11.0 Å². The molecule has 31 heavy (non-hydrogen) atoms. The zero-order chi connectivity index (χ0) is 21.1. The quantitative estimate of drug-likeness (QED) is 0.548. The number of aromatic nitrogens is 1. The van der Waals surface area contributed by atoms with Gasteiger partial charge in [0.15, 0.2) is 5.13 Å². The monoisotopic (exact) mass is 456 g/mol. The number of carbonyl (C=O) groups is 1. The molecule has 166 valence electrons. The van der Waals surface area contributed by atoms with Crippen LogP contribution in [0.25, 0.3) is 10.2 Å². The smallest absolute Gasteiger partial charge is 0.260 e. The number of aryl methyl sites for hydroxylation is 3. The van der Waals surface area contributed by atoms with E-state index in [0.717, 1.165) is 59.0 Å². The van der Waals surface area contributed by atoms with Crippen molar-refractivity contribution in [1.29, 1.82) is 0 Å². The van der Waals surface area contributed by atoms with E-state index in [0.29, 0.717) is 6.54 Å². The van der Waals surface area contributed by atoms with Gasteiger partial charge in [-0.15, -0.1) is 0 Å². The lowest BCUT2D eigenvalue weighted by molar-refractivity contribution is -0.0000138. The van der Waals surface area contributed by atoms with Crippen LogP contribution in [0, 0.1) is 6.92 Å². The van der Waals surface area contributed by atoms with E-state index >= 15 is 0 Å². The molecule has 0 N–H and O–H groups in total. The van der Waals surface area contributed by atoms with Crippen LogP contribution < -0.4 is 17.3 Å². The molecule has 1 aliphatic carbocycles. The summed E-state index contributed by atoms with van der Waals surface area (Å²) in [5.74, 6) is 0.0623. The van der Waals surface area contributed by atoms with Gasteiger partial charge in [-0.25, -0.2) is 4.98 Å². The van der Waals surface area contributed by atoms with E-state index in [4.69, 9.17) is 4.98 Å². The lowest BCUT2D eigenvalue weighted by Gasteiger charge is -2.25. The number of amides is 1. The van der Waals surface area contributed by atoms with Crippen LogP contribution in [0.1, 0.15) is 53.7 Å². The largest absolute Gasteiger partial charge is 1.00 e. The first-order valence-electron chi connectivity index (χ1n) is 11.1. The van der Waals surface area contributed by atoms with Crippen molar-refractivity contribution in [2.45, 2.75) is 46.5 Å². The van der Waals surface area contributed by atoms with E-state index < -0.39 is 0 Å². The van der Waals surface area contributed by atoms with Crippen LogP contribution in [0.5, 0.6) is 0 Å². The molecule has 0 spiro atoms. The van der Waals surface area contributed by atoms with Gasteiger partial charge in [0.1, 0.15) is 0 Å². The van der Waals surface area contributed by atoms with Crippen LogP contribution in [0.2, 0.25) is 0 Å². The van der Waals surface area contributed by atoms with Gasteiger partial charge in [-0.3, -0.25) is 9.69 Å². The zero-order valence-corrected chi connectivity index (χ0v) is 20.2. The minimum absolute atomic E-state index is 0. The molecule has 3 aromatic rings. The Bertz CT molecular complexity index is 1040. The van der Waals surface area contributed by atoms with Crippen LogP contribution in [0.3, 0.4) is 0 Å². The molecule has 0 atom stereocenters. The van der Waals surface area contributed by atoms with Crippen molar-refractivity contribution < 1.29 is 17.2 Å². The van der Waals surface area contributed by atoms with E-state index in [9.17, 15) is 4.79 Å². The van der Waals surface area contributed by atoms with Gasteiger partial charge in [-0.2, -0.15) is 0 Å². The Balaban J connectivity index is 0.00000272. The minimum Gasteiger partial charge on any atom is -1.00 e. The summed E-state index contributed by atoms with van der Waals surface area (Å²) < 4.78 is 1.14. The number of rotatable bonds is 7. The molecule has 0 aliphatic heterocycles. The highest BCUT2D eigenvalue weighted by Gasteiger charge is 2.23. The fourth-order valence-electron chi connectivity index (χ4n) is 4.28. The van der Waals surface area contributed by atoms with Crippen LogP contribution in [0.4, 0.5) is 5.13 Å². The number of thiazole rings is 1. The zero-order valence-electron chi connectivity index (χ0n) is 18.7. The first-order valence-corrected chi connectivity index (χ1v) is 11.9. The third-order valence-electron chi connectivity index (χ3n) is 6.22. The molecule has 0 fully saturated rings. The maximum absolute atomic E-state index is 13.7. The van der Waals surface area contributed by atoms with Gasteiger partial charge in [0.05, 0.1) is 10.2 Å². The summed E-state index contributed by atoms with van der Waals surface area (Å²) in [5.41, 5.74) is 5.69. The number of fused-ring (bicyclic) bond motifs is 2. The molecule has 0 bridgehead atoms. The minimum atomic E-state index is 0. The number of para-hydroxylation sites is 1. The molecular weight excluding hydrogens is 426 g/mol. The van der Waals surface area contributed by atoms with Crippen molar-refractivity contribution in [3.63, 3.8) is 0 Å². The summed E-state index contributed by atoms with van der Waals surface area (Å²) in [6.07, 6.45) is 4.68. The Labute approximate surface area is 195 Å². The predicted molar refractivity (Wildman–Crippen MR) is 127 cm³/mol. The summed E-state index contributed by atoms with van der Waals surface area (Å²) in [7, 11) is 0. The molecule has 0 saturated carbocycles. The van der Waals surface area contributed by atoms with Crippen molar-refractivity contribution >= 4 is 32.6 Å². The molecule has 1 amide bonds. The Morgan fingerprint density at radius 3 is 2.48 bits per heavy atom. The van der Waals surface area contributed by atoms with E-state index in [2.05, 4.69) is 56.0 Å². The van der Waals surface area contributed by atoms with Gasteiger partial charge < -0.3 is 17.3 Å². The van der Waals surface area contributed by atoms with Gasteiger partial charge in [0.25, 0.3) is 5.91 Å². The predicted octanol–water partition coefficient (Wildman–Crippen LogP) is 2.48. The summed E-state index contributed by atoms with van der Waals surface area (Å²) in [5, 5.41) is 0.800. The van der Waals surface area contributed by atoms with E-state index in [1.54, 1.807) is 11.3 Å². The van der Waals surface area contributed by atoms with Crippen LogP contribution >= 0.6 is 11.3 Å². The van der Waals surface area contributed by atoms with E-state index in [-0.39, 0.29) is 18.3 Å². The number of benzene rings is 2. The standard InChI is InChI=1S/C25H31N3OS.ClH/c1-4-27(5-2)15-16-28(25-26-23-18(3)9-8-12-22(23)30-25)24(29)21-14-13-19-10-6-7-11-20(19)17-21;/h8-9,12-14,17H,4-7,10-11,15-16H2,1-3H3;1H/p-1. The molecule has 1 aliphatic rings. The molecule has 4 rings (SSSR count). The van der Waals surface area contributed by atoms with Crippen molar-refractivity contribution in [1.82, 2.24) is 9.88 Å². The molecule has 4 nitrogen and oxygen atoms in total. The number of hydrogen-bond donors (Lipinski definition) is 0. The van der Waals surface area contributed by atoms with Crippen LogP contribution in [-0.2, 0) is 12.8 Å². The Kier molecular flexibility index (Phi) is 8.09. The molecule has 0 saturated heterocycles. The molecule has 1 heterocycles. The number of anilines is 1. The van der Waals surface area contributed by atoms with Crippen LogP contribution in [-0.4, -0.2) is 42.0 Å². The topological polar surface area (TPSA) is 36.4 Å². The van der Waals surface area contributed by atoms with Crippen molar-refractivity contribution in [3.8, 4) is 0 Å². The average molecular weight is 457 g/mol. The van der Waals surface area contributed by atoms with Crippen LogP contribution in [0.15, 0.2) is 36.4 Å². The van der Waals surface area contributed by atoms with Crippen molar-refractivity contribution in [2.24, 2.45) is 0 Å². The molecular formula is C25H31ClN3OS-. The first kappa shape index (κ1) is 23.7. The van der Waals surface area contributed by atoms with Gasteiger partial charge in [0.2, 0.25) is 0 Å². The van der Waals surface area contributed by atoms with E-state index in [1.165, 1.54) is 24.0 Å². The summed E-state index contributed by atoms with van der Waals surface area (Å²) in [6, 6.07) is 12.5. The number of hydrogen-bond acceptors (Lipinski definition) is 4. The highest BCUT2D eigenvalue weighted by molar-refractivity contribution is 7.22. The molecule has 0 radical (unpaired) electrons. The summed E-state index contributed by atoms with van der Waals surface area (Å²) in [6.45, 7) is 9.87. The number of halogens is 1. The first-order chi connectivity index (χ1) is 14.6. The highest BCUT2D eigenvalue weighted by Crippen LogP contribution is 2.32. The maximum atomic E-state index is 13.7. The third-order valence-corrected chi connectivity index (χ3v) is 7.26. The fourth-order valence-corrected chi connectivity index (χ4v) is 5.35. The number of carbonyl (C=O) groups excluding carboxylic acids is 1. The highest BCUT2D eigenvalue weighted by atomic mass is 35.5. The average Bonchev–Trinajstić information content (AvgIpc) is 3.21. The third kappa shape index (κ3) is 5.11. The Hall–Kier alpha value is -1.95.